The number of anilines is 1. The molecule has 0 atom stereocenters. The number of rotatable bonds is 6. The lowest BCUT2D eigenvalue weighted by Crippen LogP contribution is -2.54. The first-order valence-electron chi connectivity index (χ1n) is 7.76. The van der Waals surface area contributed by atoms with E-state index in [9.17, 15) is 0 Å². The number of nitrogens with two attached hydrogens (primary N) is 2. The zero-order valence-corrected chi connectivity index (χ0v) is 14.6. The topological polar surface area (TPSA) is 89.2 Å². The van der Waals surface area contributed by atoms with Gasteiger partial charge in [-0.1, -0.05) is 31.4 Å². The summed E-state index contributed by atoms with van der Waals surface area (Å²) in [7, 11) is 0. The van der Waals surface area contributed by atoms with Crippen LogP contribution in [0.15, 0.2) is 28.2 Å². The first-order chi connectivity index (χ1) is 10.8. The summed E-state index contributed by atoms with van der Waals surface area (Å²) < 4.78 is 5.79. The summed E-state index contributed by atoms with van der Waals surface area (Å²) >= 11 is 6.23. The van der Waals surface area contributed by atoms with Crippen LogP contribution in [0.25, 0.3) is 0 Å². The van der Waals surface area contributed by atoms with E-state index in [1.54, 1.807) is 11.0 Å². The molecule has 1 aliphatic heterocycles. The lowest BCUT2D eigenvalue weighted by Gasteiger charge is -2.38. The largest absolute Gasteiger partial charge is 0.493 e. The van der Waals surface area contributed by atoms with Crippen LogP contribution in [-0.2, 0) is 0 Å². The van der Waals surface area contributed by atoms with Gasteiger partial charge < -0.3 is 16.2 Å². The Morgan fingerprint density at radius 3 is 2.61 bits per heavy atom. The maximum absolute atomic E-state index is 6.23. The fraction of sp³-hybridized carbons (Fsp3) is 0.500. The van der Waals surface area contributed by atoms with E-state index in [2.05, 4.69) is 16.9 Å². The fourth-order valence-electron chi connectivity index (χ4n) is 2.55. The van der Waals surface area contributed by atoms with E-state index >= 15 is 0 Å². The van der Waals surface area contributed by atoms with E-state index in [0.717, 1.165) is 24.9 Å². The molecule has 0 spiro atoms. The molecule has 23 heavy (non-hydrogen) atoms. The lowest BCUT2D eigenvalue weighted by molar-refractivity contribution is 0.306. The molecule has 1 aliphatic rings. The van der Waals surface area contributed by atoms with E-state index in [-0.39, 0.29) is 11.9 Å². The number of hydrogen-bond acceptors (Lipinski definition) is 6. The molecule has 0 aromatic heterocycles. The predicted octanol–water partition coefficient (Wildman–Crippen LogP) is 3.09. The van der Waals surface area contributed by atoms with E-state index in [4.69, 9.17) is 27.8 Å². The van der Waals surface area contributed by atoms with Gasteiger partial charge in [0, 0.05) is 11.1 Å². The second-order valence-electron chi connectivity index (χ2n) is 5.97. The van der Waals surface area contributed by atoms with Crippen molar-refractivity contribution in [1.82, 2.24) is 0 Å². The molecule has 4 N–H and O–H groups in total. The standard InChI is InChI=1S/C16H24ClN5O/c1-4-5-6-7-23-13-9-11(17)8-12(10-13)22-15(19)20-14(18)21-16(22,2)3/h8-10H,4-7H2,1-3H3,(H4,18,19,20,21). The van der Waals surface area contributed by atoms with Crippen molar-refractivity contribution in [3.8, 4) is 5.75 Å². The molecule has 0 saturated heterocycles. The molecule has 1 aromatic rings. The molecule has 1 aromatic carbocycles. The maximum Gasteiger partial charge on any atom is 0.220 e. The van der Waals surface area contributed by atoms with Crippen molar-refractivity contribution < 1.29 is 4.74 Å². The van der Waals surface area contributed by atoms with Crippen LogP contribution in [0.5, 0.6) is 5.75 Å². The molecule has 0 saturated carbocycles. The van der Waals surface area contributed by atoms with Gasteiger partial charge in [-0.3, -0.25) is 4.90 Å². The van der Waals surface area contributed by atoms with Crippen LogP contribution in [0.1, 0.15) is 40.0 Å². The summed E-state index contributed by atoms with van der Waals surface area (Å²) in [4.78, 5) is 10.2. The Morgan fingerprint density at radius 2 is 1.96 bits per heavy atom. The highest BCUT2D eigenvalue weighted by Gasteiger charge is 2.33. The fourth-order valence-corrected chi connectivity index (χ4v) is 2.77. The van der Waals surface area contributed by atoms with Crippen molar-refractivity contribution in [3.05, 3.63) is 23.2 Å². The molecule has 126 valence electrons. The second kappa shape index (κ2) is 7.08. The maximum atomic E-state index is 6.23. The Labute approximate surface area is 142 Å². The monoisotopic (exact) mass is 337 g/mol. The molecular formula is C16H24ClN5O. The van der Waals surface area contributed by atoms with Crippen LogP contribution in [0.2, 0.25) is 5.02 Å². The Hall–Kier alpha value is -1.95. The molecule has 0 amide bonds. The zero-order valence-electron chi connectivity index (χ0n) is 13.8. The average molecular weight is 338 g/mol. The third-order valence-electron chi connectivity index (χ3n) is 3.52. The third-order valence-corrected chi connectivity index (χ3v) is 3.74. The van der Waals surface area contributed by atoms with E-state index in [1.165, 1.54) is 0 Å². The molecule has 0 fully saturated rings. The van der Waals surface area contributed by atoms with Crippen LogP contribution in [0.3, 0.4) is 0 Å². The summed E-state index contributed by atoms with van der Waals surface area (Å²) in [5, 5.41) is 0.569. The average Bonchev–Trinajstić information content (AvgIpc) is 2.41. The van der Waals surface area contributed by atoms with Gasteiger partial charge in [0.1, 0.15) is 11.4 Å². The van der Waals surface area contributed by atoms with Gasteiger partial charge in [-0.2, -0.15) is 4.99 Å². The molecule has 1 heterocycles. The second-order valence-corrected chi connectivity index (χ2v) is 6.41. The van der Waals surface area contributed by atoms with Gasteiger partial charge in [0.25, 0.3) is 0 Å². The number of halogens is 1. The van der Waals surface area contributed by atoms with Crippen LogP contribution in [-0.4, -0.2) is 24.2 Å². The normalized spacial score (nSPS) is 16.8. The first-order valence-corrected chi connectivity index (χ1v) is 8.14. The number of hydrogen-bond donors (Lipinski definition) is 2. The van der Waals surface area contributed by atoms with Crippen molar-refractivity contribution >= 4 is 29.2 Å². The van der Waals surface area contributed by atoms with Gasteiger partial charge in [0.05, 0.1) is 12.3 Å². The molecule has 0 unspecified atom stereocenters. The van der Waals surface area contributed by atoms with E-state index < -0.39 is 5.66 Å². The highest BCUT2D eigenvalue weighted by atomic mass is 35.5. The highest BCUT2D eigenvalue weighted by Crippen LogP contribution is 2.33. The summed E-state index contributed by atoms with van der Waals surface area (Å²) in [5.41, 5.74) is 11.9. The number of nitrogens with zero attached hydrogens (tertiary/aromatic N) is 3. The Bertz CT molecular complexity index is 627. The van der Waals surface area contributed by atoms with E-state index in [0.29, 0.717) is 17.4 Å². The van der Waals surface area contributed by atoms with Crippen molar-refractivity contribution in [3.63, 3.8) is 0 Å². The third kappa shape index (κ3) is 4.28. The molecule has 7 heteroatoms. The van der Waals surface area contributed by atoms with Gasteiger partial charge in [-0.05, 0) is 32.4 Å². The minimum absolute atomic E-state index is 0.168. The molecule has 6 nitrogen and oxygen atoms in total. The highest BCUT2D eigenvalue weighted by molar-refractivity contribution is 6.31. The Balaban J connectivity index is 2.25. The summed E-state index contributed by atoms with van der Waals surface area (Å²) in [6, 6.07) is 5.49. The minimum Gasteiger partial charge on any atom is -0.493 e. The summed E-state index contributed by atoms with van der Waals surface area (Å²) in [6.07, 6.45) is 3.30. The number of ether oxygens (including phenoxy) is 1. The van der Waals surface area contributed by atoms with Crippen LogP contribution in [0.4, 0.5) is 5.69 Å². The van der Waals surface area contributed by atoms with Crippen LogP contribution >= 0.6 is 11.6 Å². The number of unbranched alkanes of at least 4 members (excludes halogenated alkanes) is 2. The van der Waals surface area contributed by atoms with Crippen LogP contribution in [0, 0.1) is 0 Å². The lowest BCUT2D eigenvalue weighted by atomic mass is 10.1. The zero-order chi connectivity index (χ0) is 17.0. The molecular weight excluding hydrogens is 314 g/mol. The van der Waals surface area contributed by atoms with E-state index in [1.807, 2.05) is 26.0 Å². The van der Waals surface area contributed by atoms with Crippen molar-refractivity contribution in [1.29, 1.82) is 0 Å². The quantitative estimate of drug-likeness (QED) is 0.780. The SMILES string of the molecule is CCCCCOc1cc(Cl)cc(N2C(N)=NC(N)=NC2(C)C)c1. The van der Waals surface area contributed by atoms with Gasteiger partial charge in [0.2, 0.25) is 11.9 Å². The number of guanidine groups is 2. The van der Waals surface area contributed by atoms with Gasteiger partial charge in [-0.15, -0.1) is 0 Å². The van der Waals surface area contributed by atoms with Gasteiger partial charge in [0.15, 0.2) is 0 Å². The predicted molar refractivity (Wildman–Crippen MR) is 96.3 cm³/mol. The number of aliphatic imine (C=N–C) groups is 2. The first kappa shape index (κ1) is 17.4. The van der Waals surface area contributed by atoms with Crippen molar-refractivity contribution in [2.75, 3.05) is 11.5 Å². The Kier molecular flexibility index (Phi) is 5.36. The number of benzene rings is 1. The van der Waals surface area contributed by atoms with Crippen molar-refractivity contribution in [2.45, 2.75) is 45.7 Å². The molecule has 2 rings (SSSR count). The molecule has 0 radical (unpaired) electrons. The van der Waals surface area contributed by atoms with Gasteiger partial charge in [-0.25, -0.2) is 4.99 Å². The molecule has 0 bridgehead atoms. The van der Waals surface area contributed by atoms with Crippen molar-refractivity contribution in [2.24, 2.45) is 21.5 Å². The summed E-state index contributed by atoms with van der Waals surface area (Å²) in [6.45, 7) is 6.63. The smallest absolute Gasteiger partial charge is 0.220 e. The summed E-state index contributed by atoms with van der Waals surface area (Å²) in [5.74, 6) is 1.15. The Morgan fingerprint density at radius 1 is 1.22 bits per heavy atom. The minimum atomic E-state index is -0.653. The van der Waals surface area contributed by atoms with Gasteiger partial charge >= 0.3 is 0 Å². The van der Waals surface area contributed by atoms with Crippen LogP contribution < -0.4 is 21.1 Å². The molecule has 0 aliphatic carbocycles.